The van der Waals surface area contributed by atoms with Gasteiger partial charge < -0.3 is 9.80 Å². The standard InChI is InChI=1S/C20H26N2O2S/c1-16(2)19(24)21-12-10-20(11-13-21)22(14-15-25-20)18(23)9-8-17-6-4-3-5-7-17/h3-9,16H,10-15H2,1-2H3. The number of nitrogens with zero attached hydrogens (tertiary/aromatic N) is 2. The summed E-state index contributed by atoms with van der Waals surface area (Å²) >= 11 is 1.88. The maximum atomic E-state index is 12.8. The number of carbonyl (C=O) groups excluding carboxylic acids is 2. The molecule has 2 fully saturated rings. The molecule has 2 saturated heterocycles. The van der Waals surface area contributed by atoms with Crippen LogP contribution in [0, 0.1) is 5.92 Å². The fraction of sp³-hybridized carbons (Fsp3) is 0.500. The predicted octanol–water partition coefficient (Wildman–Crippen LogP) is 3.25. The van der Waals surface area contributed by atoms with Crippen LogP contribution in [0.3, 0.4) is 0 Å². The molecular weight excluding hydrogens is 332 g/mol. The number of hydrogen-bond acceptors (Lipinski definition) is 3. The quantitative estimate of drug-likeness (QED) is 0.779. The zero-order valence-corrected chi connectivity index (χ0v) is 15.8. The molecule has 2 amide bonds. The van der Waals surface area contributed by atoms with Gasteiger partial charge in [0.25, 0.3) is 0 Å². The number of thioether (sulfide) groups is 1. The topological polar surface area (TPSA) is 40.6 Å². The fourth-order valence-electron chi connectivity index (χ4n) is 3.60. The summed E-state index contributed by atoms with van der Waals surface area (Å²) in [5, 5.41) is 0. The Morgan fingerprint density at radius 3 is 2.44 bits per heavy atom. The summed E-state index contributed by atoms with van der Waals surface area (Å²) in [7, 11) is 0. The molecule has 134 valence electrons. The third-order valence-corrected chi connectivity index (χ3v) is 6.56. The van der Waals surface area contributed by atoms with Gasteiger partial charge in [0.2, 0.25) is 11.8 Å². The molecule has 2 heterocycles. The van der Waals surface area contributed by atoms with Gasteiger partial charge in [0.15, 0.2) is 0 Å². The molecule has 25 heavy (non-hydrogen) atoms. The maximum absolute atomic E-state index is 12.8. The highest BCUT2D eigenvalue weighted by Crippen LogP contribution is 2.44. The van der Waals surface area contributed by atoms with Crippen molar-refractivity contribution in [2.75, 3.05) is 25.4 Å². The SMILES string of the molecule is CC(C)C(=O)N1CCC2(CC1)SCCN2C(=O)C=Cc1ccccc1. The zero-order chi connectivity index (χ0) is 17.9. The van der Waals surface area contributed by atoms with Gasteiger partial charge in [0, 0.05) is 37.4 Å². The van der Waals surface area contributed by atoms with E-state index in [2.05, 4.69) is 0 Å². The first-order chi connectivity index (χ1) is 12.0. The summed E-state index contributed by atoms with van der Waals surface area (Å²) < 4.78 is 0. The van der Waals surface area contributed by atoms with E-state index in [9.17, 15) is 9.59 Å². The first kappa shape index (κ1) is 18.1. The van der Waals surface area contributed by atoms with Crippen LogP contribution in [-0.2, 0) is 9.59 Å². The second-order valence-electron chi connectivity index (χ2n) is 7.01. The van der Waals surface area contributed by atoms with E-state index in [1.54, 1.807) is 6.08 Å². The van der Waals surface area contributed by atoms with Crippen molar-refractivity contribution in [1.82, 2.24) is 9.80 Å². The molecule has 4 nitrogen and oxygen atoms in total. The molecule has 1 aromatic rings. The van der Waals surface area contributed by atoms with E-state index in [4.69, 9.17) is 0 Å². The highest BCUT2D eigenvalue weighted by Gasteiger charge is 2.46. The van der Waals surface area contributed by atoms with Crippen molar-refractivity contribution >= 4 is 29.7 Å². The van der Waals surface area contributed by atoms with Crippen LogP contribution in [0.5, 0.6) is 0 Å². The van der Waals surface area contributed by atoms with Gasteiger partial charge in [-0.2, -0.15) is 0 Å². The summed E-state index contributed by atoms with van der Waals surface area (Å²) in [6, 6.07) is 9.90. The van der Waals surface area contributed by atoms with Crippen molar-refractivity contribution < 1.29 is 9.59 Å². The van der Waals surface area contributed by atoms with E-state index in [1.165, 1.54) is 0 Å². The highest BCUT2D eigenvalue weighted by molar-refractivity contribution is 8.00. The molecule has 0 bridgehead atoms. The summed E-state index contributed by atoms with van der Waals surface area (Å²) in [4.78, 5) is 28.8. The highest BCUT2D eigenvalue weighted by atomic mass is 32.2. The van der Waals surface area contributed by atoms with Crippen LogP contribution in [0.4, 0.5) is 0 Å². The number of hydrogen-bond donors (Lipinski definition) is 0. The Balaban J connectivity index is 1.66. The molecule has 0 aromatic heterocycles. The molecule has 0 saturated carbocycles. The Morgan fingerprint density at radius 2 is 1.80 bits per heavy atom. The van der Waals surface area contributed by atoms with Crippen LogP contribution < -0.4 is 0 Å². The third-order valence-electron chi connectivity index (χ3n) is 5.01. The Labute approximate surface area is 154 Å². The molecule has 1 spiro atoms. The van der Waals surface area contributed by atoms with Crippen LogP contribution in [0.1, 0.15) is 32.3 Å². The number of carbonyl (C=O) groups is 2. The van der Waals surface area contributed by atoms with Crippen LogP contribution in [0.25, 0.3) is 6.08 Å². The van der Waals surface area contributed by atoms with Gasteiger partial charge in [0.05, 0.1) is 4.87 Å². The number of benzene rings is 1. The second kappa shape index (κ2) is 7.65. The molecular formula is C20H26N2O2S. The molecule has 2 aliphatic heterocycles. The summed E-state index contributed by atoms with van der Waals surface area (Å²) in [6.07, 6.45) is 5.30. The van der Waals surface area contributed by atoms with E-state index in [-0.39, 0.29) is 22.6 Å². The summed E-state index contributed by atoms with van der Waals surface area (Å²) in [5.74, 6) is 1.32. The fourth-order valence-corrected chi connectivity index (χ4v) is 5.06. The smallest absolute Gasteiger partial charge is 0.247 e. The van der Waals surface area contributed by atoms with Crippen LogP contribution in [0.15, 0.2) is 36.4 Å². The van der Waals surface area contributed by atoms with Crippen molar-refractivity contribution in [3.05, 3.63) is 42.0 Å². The second-order valence-corrected chi connectivity index (χ2v) is 8.47. The predicted molar refractivity (Wildman–Crippen MR) is 103 cm³/mol. The van der Waals surface area contributed by atoms with Gasteiger partial charge in [0.1, 0.15) is 0 Å². The van der Waals surface area contributed by atoms with E-state index < -0.39 is 0 Å². The molecule has 0 unspecified atom stereocenters. The van der Waals surface area contributed by atoms with Gasteiger partial charge in [-0.25, -0.2) is 0 Å². The van der Waals surface area contributed by atoms with Crippen LogP contribution in [-0.4, -0.2) is 51.9 Å². The number of piperidine rings is 1. The Morgan fingerprint density at radius 1 is 1.12 bits per heavy atom. The first-order valence-electron chi connectivity index (χ1n) is 8.99. The average molecular weight is 359 g/mol. The minimum Gasteiger partial charge on any atom is -0.342 e. The van der Waals surface area contributed by atoms with Crippen molar-refractivity contribution in [1.29, 1.82) is 0 Å². The van der Waals surface area contributed by atoms with Crippen molar-refractivity contribution in [3.63, 3.8) is 0 Å². The lowest BCUT2D eigenvalue weighted by Gasteiger charge is -2.44. The van der Waals surface area contributed by atoms with Gasteiger partial charge in [-0.1, -0.05) is 44.2 Å². The van der Waals surface area contributed by atoms with Crippen LogP contribution >= 0.6 is 11.8 Å². The van der Waals surface area contributed by atoms with Crippen molar-refractivity contribution in [2.45, 2.75) is 31.6 Å². The Hall–Kier alpha value is -1.75. The van der Waals surface area contributed by atoms with E-state index >= 15 is 0 Å². The minimum atomic E-state index is -0.133. The van der Waals surface area contributed by atoms with Gasteiger partial charge in [-0.05, 0) is 24.5 Å². The summed E-state index contributed by atoms with van der Waals surface area (Å²) in [6.45, 7) is 6.18. The summed E-state index contributed by atoms with van der Waals surface area (Å²) in [5.41, 5.74) is 1.04. The largest absolute Gasteiger partial charge is 0.342 e. The molecule has 0 radical (unpaired) electrons. The first-order valence-corrected chi connectivity index (χ1v) is 9.98. The lowest BCUT2D eigenvalue weighted by atomic mass is 10.0. The molecule has 1 aromatic carbocycles. The van der Waals surface area contributed by atoms with Crippen LogP contribution in [0.2, 0.25) is 0 Å². The van der Waals surface area contributed by atoms with E-state index in [0.29, 0.717) is 0 Å². The number of likely N-dealkylation sites (tertiary alicyclic amines) is 1. The number of rotatable bonds is 3. The number of amides is 2. The maximum Gasteiger partial charge on any atom is 0.247 e. The monoisotopic (exact) mass is 358 g/mol. The average Bonchev–Trinajstić information content (AvgIpc) is 3.03. The molecule has 2 aliphatic rings. The molecule has 0 atom stereocenters. The van der Waals surface area contributed by atoms with Gasteiger partial charge >= 0.3 is 0 Å². The van der Waals surface area contributed by atoms with Crippen molar-refractivity contribution in [3.8, 4) is 0 Å². The van der Waals surface area contributed by atoms with E-state index in [1.807, 2.05) is 71.8 Å². The normalized spacial score (nSPS) is 20.0. The molecule has 0 N–H and O–H groups in total. The van der Waals surface area contributed by atoms with E-state index in [0.717, 1.165) is 43.8 Å². The van der Waals surface area contributed by atoms with Crippen molar-refractivity contribution in [2.24, 2.45) is 5.92 Å². The van der Waals surface area contributed by atoms with Gasteiger partial charge in [-0.3, -0.25) is 9.59 Å². The third kappa shape index (κ3) is 3.92. The molecule has 0 aliphatic carbocycles. The lowest BCUT2D eigenvalue weighted by Crippen LogP contribution is -2.53. The zero-order valence-electron chi connectivity index (χ0n) is 15.0. The lowest BCUT2D eigenvalue weighted by molar-refractivity contribution is -0.137. The Bertz CT molecular complexity index is 649. The minimum absolute atomic E-state index is 0.0387. The molecule has 5 heteroatoms. The molecule has 3 rings (SSSR count). The Kier molecular flexibility index (Phi) is 5.52. The van der Waals surface area contributed by atoms with Gasteiger partial charge in [-0.15, -0.1) is 11.8 Å².